The number of rotatable bonds is 5. The number of nitrogens with zero attached hydrogens (tertiary/aromatic N) is 1. The summed E-state index contributed by atoms with van der Waals surface area (Å²) in [5.41, 5.74) is -0.404. The van der Waals surface area contributed by atoms with Crippen LogP contribution in [0.3, 0.4) is 0 Å². The van der Waals surface area contributed by atoms with Crippen molar-refractivity contribution in [3.63, 3.8) is 0 Å². The van der Waals surface area contributed by atoms with Gasteiger partial charge in [0, 0.05) is 24.8 Å². The average molecular weight is 300 g/mol. The number of nitrogens with one attached hydrogen (secondary N) is 3. The van der Waals surface area contributed by atoms with Gasteiger partial charge in [-0.15, -0.1) is 0 Å². The number of anilines is 1. The van der Waals surface area contributed by atoms with Gasteiger partial charge >= 0.3 is 0 Å². The Kier molecular flexibility index (Phi) is 5.07. The third-order valence-electron chi connectivity index (χ3n) is 2.24. The molecule has 112 valence electrons. The Morgan fingerprint density at radius 1 is 1.35 bits per heavy atom. The molecule has 1 aromatic rings. The zero-order chi connectivity index (χ0) is 15.4. The highest BCUT2D eigenvalue weighted by atomic mass is 32.2. The molecule has 1 heterocycles. The van der Waals surface area contributed by atoms with E-state index in [2.05, 4.69) is 20.3 Å². The maximum absolute atomic E-state index is 12.0. The Morgan fingerprint density at radius 3 is 2.55 bits per heavy atom. The number of hydrogen-bond donors (Lipinski definition) is 3. The lowest BCUT2D eigenvalue weighted by Crippen LogP contribution is -2.45. The van der Waals surface area contributed by atoms with Gasteiger partial charge in [-0.3, -0.25) is 4.79 Å². The van der Waals surface area contributed by atoms with E-state index < -0.39 is 15.6 Å². The van der Waals surface area contributed by atoms with Gasteiger partial charge in [0.25, 0.3) is 0 Å². The van der Waals surface area contributed by atoms with Gasteiger partial charge in [-0.1, -0.05) is 0 Å². The van der Waals surface area contributed by atoms with Gasteiger partial charge in [-0.2, -0.15) is 0 Å². The molecule has 3 N–H and O–H groups in total. The van der Waals surface area contributed by atoms with Crippen molar-refractivity contribution in [3.8, 4) is 0 Å². The van der Waals surface area contributed by atoms with Gasteiger partial charge in [0.2, 0.25) is 15.9 Å². The van der Waals surface area contributed by atoms with Gasteiger partial charge in [0.05, 0.1) is 11.4 Å². The summed E-state index contributed by atoms with van der Waals surface area (Å²) in [5, 5.41) is 5.43. The molecule has 0 fully saturated rings. The van der Waals surface area contributed by atoms with E-state index in [4.69, 9.17) is 0 Å². The van der Waals surface area contributed by atoms with Crippen LogP contribution in [0, 0.1) is 0 Å². The molecule has 1 rings (SSSR count). The smallest absolute Gasteiger partial charge is 0.241 e. The normalized spacial score (nSPS) is 12.0. The fourth-order valence-electron chi connectivity index (χ4n) is 1.42. The topological polar surface area (TPSA) is 100 Å². The van der Waals surface area contributed by atoms with Crippen LogP contribution in [-0.4, -0.2) is 38.4 Å². The van der Waals surface area contributed by atoms with Crippen molar-refractivity contribution in [3.05, 3.63) is 18.3 Å². The predicted octanol–water partition coefficient (Wildman–Crippen LogP) is 0.316. The monoisotopic (exact) mass is 300 g/mol. The molecule has 8 heteroatoms. The molecule has 0 saturated heterocycles. The van der Waals surface area contributed by atoms with Crippen molar-refractivity contribution in [2.24, 2.45) is 0 Å². The number of carbonyl (C=O) groups excluding carboxylic acids is 1. The highest BCUT2D eigenvalue weighted by Crippen LogP contribution is 2.11. The first-order valence-electron chi connectivity index (χ1n) is 6.08. The van der Waals surface area contributed by atoms with Gasteiger partial charge in [-0.25, -0.2) is 18.1 Å². The first-order chi connectivity index (χ1) is 9.14. The zero-order valence-electron chi connectivity index (χ0n) is 12.0. The van der Waals surface area contributed by atoms with Crippen molar-refractivity contribution in [1.29, 1.82) is 0 Å². The molecule has 0 aromatic carbocycles. The Bertz CT molecular complexity index is 579. The second-order valence-corrected chi connectivity index (χ2v) is 7.02. The van der Waals surface area contributed by atoms with Crippen LogP contribution < -0.4 is 15.4 Å². The lowest BCUT2D eigenvalue weighted by atomic mass is 10.1. The number of sulfonamides is 1. The summed E-state index contributed by atoms with van der Waals surface area (Å²) in [5.74, 6) is 0.0518. The summed E-state index contributed by atoms with van der Waals surface area (Å²) in [6.45, 7) is 5.15. The van der Waals surface area contributed by atoms with Crippen molar-refractivity contribution in [2.75, 3.05) is 18.9 Å². The van der Waals surface area contributed by atoms with Crippen molar-refractivity contribution in [2.45, 2.75) is 31.2 Å². The molecule has 1 amide bonds. The lowest BCUT2D eigenvalue weighted by molar-refractivity contribution is -0.121. The second kappa shape index (κ2) is 6.19. The minimum absolute atomic E-state index is 0.0559. The third-order valence-corrected chi connectivity index (χ3v) is 3.63. The molecule has 0 aliphatic carbocycles. The number of aromatic nitrogens is 1. The molecule has 0 aliphatic rings. The van der Waals surface area contributed by atoms with Crippen LogP contribution in [0.25, 0.3) is 0 Å². The second-order valence-electron chi connectivity index (χ2n) is 5.25. The summed E-state index contributed by atoms with van der Waals surface area (Å²) in [4.78, 5) is 15.6. The summed E-state index contributed by atoms with van der Waals surface area (Å²) >= 11 is 0. The van der Waals surface area contributed by atoms with Crippen molar-refractivity contribution < 1.29 is 13.2 Å². The van der Waals surface area contributed by atoms with E-state index in [1.165, 1.54) is 18.3 Å². The summed E-state index contributed by atoms with van der Waals surface area (Å²) in [6, 6.07) is 2.76. The Balaban J connectivity index is 2.73. The molecule has 0 aliphatic heterocycles. The molecule has 0 unspecified atom stereocenters. The first kappa shape index (κ1) is 16.4. The largest absolute Gasteiger partial charge is 0.373 e. The highest BCUT2D eigenvalue weighted by molar-refractivity contribution is 7.89. The minimum atomic E-state index is -3.73. The maximum Gasteiger partial charge on any atom is 0.241 e. The van der Waals surface area contributed by atoms with Crippen LogP contribution in [0.2, 0.25) is 0 Å². The van der Waals surface area contributed by atoms with E-state index in [-0.39, 0.29) is 17.3 Å². The third kappa shape index (κ3) is 5.14. The van der Waals surface area contributed by atoms with Crippen molar-refractivity contribution in [1.82, 2.24) is 15.0 Å². The first-order valence-corrected chi connectivity index (χ1v) is 7.57. The highest BCUT2D eigenvalue weighted by Gasteiger charge is 2.18. The van der Waals surface area contributed by atoms with Crippen LogP contribution in [0.1, 0.15) is 20.8 Å². The van der Waals surface area contributed by atoms with E-state index in [9.17, 15) is 13.2 Å². The number of carbonyl (C=O) groups is 1. The molecule has 0 radical (unpaired) electrons. The molecule has 1 aromatic heterocycles. The summed E-state index contributed by atoms with van der Waals surface area (Å²) < 4.78 is 26.3. The molecular weight excluding hydrogens is 280 g/mol. The fourth-order valence-corrected chi connectivity index (χ4v) is 2.42. The van der Waals surface area contributed by atoms with E-state index in [0.29, 0.717) is 5.82 Å². The Labute approximate surface area is 119 Å². The van der Waals surface area contributed by atoms with Crippen LogP contribution in [0.5, 0.6) is 0 Å². The molecule has 20 heavy (non-hydrogen) atoms. The molecule has 0 spiro atoms. The fraction of sp³-hybridized carbons (Fsp3) is 0.500. The minimum Gasteiger partial charge on any atom is -0.373 e. The van der Waals surface area contributed by atoms with Gasteiger partial charge in [0.15, 0.2) is 0 Å². The maximum atomic E-state index is 12.0. The van der Waals surface area contributed by atoms with Gasteiger partial charge < -0.3 is 10.6 Å². The average Bonchev–Trinajstić information content (AvgIpc) is 2.35. The standard InChI is InChI=1S/C12H20N4O3S/c1-12(2,3)16-11(17)8-15-20(18,19)9-5-6-14-10(7-9)13-4/h5-7,15H,8H2,1-4H3,(H,13,14)(H,16,17). The van der Waals surface area contributed by atoms with Crippen LogP contribution in [-0.2, 0) is 14.8 Å². The van der Waals surface area contributed by atoms with Gasteiger partial charge in [-0.05, 0) is 26.8 Å². The quantitative estimate of drug-likeness (QED) is 0.727. The molecule has 7 nitrogen and oxygen atoms in total. The van der Waals surface area contributed by atoms with E-state index >= 15 is 0 Å². The van der Waals surface area contributed by atoms with Gasteiger partial charge in [0.1, 0.15) is 5.82 Å². The molecular formula is C12H20N4O3S. The Morgan fingerprint density at radius 2 is 2.00 bits per heavy atom. The summed E-state index contributed by atoms with van der Waals surface area (Å²) in [7, 11) is -2.09. The summed E-state index contributed by atoms with van der Waals surface area (Å²) in [6.07, 6.45) is 1.38. The number of amides is 1. The van der Waals surface area contributed by atoms with E-state index in [1.54, 1.807) is 7.05 Å². The van der Waals surface area contributed by atoms with Crippen molar-refractivity contribution >= 4 is 21.7 Å². The van der Waals surface area contributed by atoms with Crippen LogP contribution >= 0.6 is 0 Å². The lowest BCUT2D eigenvalue weighted by Gasteiger charge is -2.20. The number of hydrogen-bond acceptors (Lipinski definition) is 5. The zero-order valence-corrected chi connectivity index (χ0v) is 12.8. The molecule has 0 bridgehead atoms. The molecule has 0 atom stereocenters. The van der Waals surface area contributed by atoms with E-state index in [1.807, 2.05) is 20.8 Å². The van der Waals surface area contributed by atoms with Crippen LogP contribution in [0.4, 0.5) is 5.82 Å². The van der Waals surface area contributed by atoms with Crippen LogP contribution in [0.15, 0.2) is 23.2 Å². The Hall–Kier alpha value is -1.67. The predicted molar refractivity (Wildman–Crippen MR) is 76.9 cm³/mol. The SMILES string of the molecule is CNc1cc(S(=O)(=O)NCC(=O)NC(C)(C)C)ccn1. The van der Waals surface area contributed by atoms with E-state index in [0.717, 1.165) is 0 Å². The number of pyridine rings is 1. The molecule has 0 saturated carbocycles.